The van der Waals surface area contributed by atoms with Crippen molar-refractivity contribution < 1.29 is 9.53 Å². The van der Waals surface area contributed by atoms with Gasteiger partial charge in [-0.15, -0.1) is 11.6 Å². The Morgan fingerprint density at radius 2 is 1.89 bits per heavy atom. The van der Waals surface area contributed by atoms with Crippen molar-refractivity contribution in [1.82, 2.24) is 5.32 Å². The highest BCUT2D eigenvalue weighted by molar-refractivity contribution is 6.18. The molecule has 1 aliphatic rings. The molecular formula is C14H26ClNO2. The second kappa shape index (κ2) is 7.34. The maximum Gasteiger partial charge on any atom is 0.246 e. The molecule has 0 aromatic carbocycles. The van der Waals surface area contributed by atoms with Crippen LogP contribution < -0.4 is 5.32 Å². The summed E-state index contributed by atoms with van der Waals surface area (Å²) in [6, 6.07) is 0. The largest absolute Gasteiger partial charge is 0.366 e. The number of rotatable bonds is 5. The monoisotopic (exact) mass is 275 g/mol. The quantitative estimate of drug-likeness (QED) is 0.784. The number of ether oxygens (including phenoxy) is 1. The van der Waals surface area contributed by atoms with Crippen molar-refractivity contribution in [3.63, 3.8) is 0 Å². The van der Waals surface area contributed by atoms with Gasteiger partial charge in [-0.2, -0.15) is 0 Å². The highest BCUT2D eigenvalue weighted by Gasteiger charge is 2.24. The molecule has 1 rings (SSSR count). The summed E-state index contributed by atoms with van der Waals surface area (Å²) in [5.74, 6) is 1.78. The highest BCUT2D eigenvalue weighted by Crippen LogP contribution is 2.30. The summed E-state index contributed by atoms with van der Waals surface area (Å²) in [5.41, 5.74) is -0.263. The number of hydrogen-bond acceptors (Lipinski definition) is 2. The molecule has 0 heterocycles. The molecule has 0 aliphatic heterocycles. The van der Waals surface area contributed by atoms with Gasteiger partial charge in [-0.25, -0.2) is 0 Å². The maximum atomic E-state index is 11.7. The van der Waals surface area contributed by atoms with Gasteiger partial charge in [0.1, 0.15) is 6.61 Å². The van der Waals surface area contributed by atoms with Crippen LogP contribution in [0, 0.1) is 11.8 Å². The molecule has 1 amide bonds. The average molecular weight is 276 g/mol. The first-order valence-corrected chi connectivity index (χ1v) is 7.42. The van der Waals surface area contributed by atoms with Gasteiger partial charge in [-0.3, -0.25) is 4.79 Å². The Labute approximate surface area is 116 Å². The van der Waals surface area contributed by atoms with Gasteiger partial charge in [0, 0.05) is 12.4 Å². The van der Waals surface area contributed by atoms with Crippen LogP contribution in [0.1, 0.15) is 46.5 Å². The summed E-state index contributed by atoms with van der Waals surface area (Å²) in [5, 5.41) is 2.97. The molecule has 106 valence electrons. The summed E-state index contributed by atoms with van der Waals surface area (Å²) in [4.78, 5) is 11.7. The lowest BCUT2D eigenvalue weighted by Crippen LogP contribution is -2.38. The van der Waals surface area contributed by atoms with Crippen LogP contribution in [0.5, 0.6) is 0 Å². The van der Waals surface area contributed by atoms with Crippen molar-refractivity contribution in [2.75, 3.05) is 19.0 Å². The van der Waals surface area contributed by atoms with E-state index in [1.165, 1.54) is 25.7 Å². The molecule has 2 atom stereocenters. The molecule has 0 radical (unpaired) electrons. The van der Waals surface area contributed by atoms with Gasteiger partial charge < -0.3 is 10.1 Å². The van der Waals surface area contributed by atoms with E-state index in [-0.39, 0.29) is 18.1 Å². The zero-order chi connectivity index (χ0) is 13.6. The van der Waals surface area contributed by atoms with E-state index in [9.17, 15) is 4.79 Å². The first kappa shape index (κ1) is 15.8. The fourth-order valence-electron chi connectivity index (χ4n) is 2.33. The zero-order valence-electron chi connectivity index (χ0n) is 11.8. The van der Waals surface area contributed by atoms with Gasteiger partial charge >= 0.3 is 0 Å². The second-order valence-electron chi connectivity index (χ2n) is 6.16. The third-order valence-corrected chi connectivity index (χ3v) is 3.86. The Kier molecular flexibility index (Phi) is 6.44. The number of nitrogens with one attached hydrogen (secondary N) is 1. The fourth-order valence-corrected chi connectivity index (χ4v) is 2.74. The number of alkyl halides is 1. The first-order chi connectivity index (χ1) is 8.42. The van der Waals surface area contributed by atoms with Gasteiger partial charge in [-0.1, -0.05) is 12.8 Å². The van der Waals surface area contributed by atoms with E-state index in [2.05, 4.69) is 5.32 Å². The smallest absolute Gasteiger partial charge is 0.246 e. The van der Waals surface area contributed by atoms with Crippen molar-refractivity contribution in [3.8, 4) is 0 Å². The molecule has 0 aromatic heterocycles. The lowest BCUT2D eigenvalue weighted by Gasteiger charge is -2.30. The molecule has 3 nitrogen and oxygen atoms in total. The molecular weight excluding hydrogens is 250 g/mol. The normalized spacial score (nSPS) is 24.9. The van der Waals surface area contributed by atoms with E-state index in [4.69, 9.17) is 16.3 Å². The van der Waals surface area contributed by atoms with Crippen molar-refractivity contribution >= 4 is 17.5 Å². The Hall–Kier alpha value is -0.280. The Balaban J connectivity index is 2.24. The van der Waals surface area contributed by atoms with Gasteiger partial charge in [-0.05, 0) is 45.4 Å². The van der Waals surface area contributed by atoms with E-state index in [0.29, 0.717) is 17.7 Å². The number of carbonyl (C=O) groups excluding carboxylic acids is 1. The Bertz CT molecular complexity index is 263. The van der Waals surface area contributed by atoms with Crippen LogP contribution in [0.2, 0.25) is 0 Å². The van der Waals surface area contributed by atoms with E-state index in [0.717, 1.165) is 6.54 Å². The summed E-state index contributed by atoms with van der Waals surface area (Å²) in [7, 11) is 0. The van der Waals surface area contributed by atoms with Crippen molar-refractivity contribution in [2.45, 2.75) is 52.1 Å². The molecule has 4 heteroatoms. The van der Waals surface area contributed by atoms with Gasteiger partial charge in [0.2, 0.25) is 5.91 Å². The Morgan fingerprint density at radius 3 is 2.44 bits per heavy atom. The van der Waals surface area contributed by atoms with Crippen LogP contribution in [-0.2, 0) is 9.53 Å². The molecule has 1 aliphatic carbocycles. The molecule has 1 N–H and O–H groups in total. The number of amides is 1. The predicted octanol–water partition coefficient (Wildman–Crippen LogP) is 2.96. The van der Waals surface area contributed by atoms with Crippen LogP contribution in [0.15, 0.2) is 0 Å². The maximum absolute atomic E-state index is 11.7. The summed E-state index contributed by atoms with van der Waals surface area (Å²) in [6.07, 6.45) is 4.90. The molecule has 0 spiro atoms. The molecule has 0 saturated heterocycles. The summed E-state index contributed by atoms with van der Waals surface area (Å²) >= 11 is 5.97. The minimum Gasteiger partial charge on any atom is -0.366 e. The van der Waals surface area contributed by atoms with Gasteiger partial charge in [0.25, 0.3) is 0 Å². The van der Waals surface area contributed by atoms with Crippen LogP contribution >= 0.6 is 11.6 Å². The van der Waals surface area contributed by atoms with Crippen molar-refractivity contribution in [3.05, 3.63) is 0 Å². The predicted molar refractivity (Wildman–Crippen MR) is 74.9 cm³/mol. The number of carbonyl (C=O) groups is 1. The third kappa shape index (κ3) is 6.05. The molecule has 18 heavy (non-hydrogen) atoms. The lowest BCUT2D eigenvalue weighted by atomic mass is 9.80. The first-order valence-electron chi connectivity index (χ1n) is 6.89. The highest BCUT2D eigenvalue weighted by atomic mass is 35.5. The van der Waals surface area contributed by atoms with Crippen LogP contribution in [0.25, 0.3) is 0 Å². The summed E-state index contributed by atoms with van der Waals surface area (Å²) < 4.78 is 5.45. The van der Waals surface area contributed by atoms with Crippen molar-refractivity contribution in [1.29, 1.82) is 0 Å². The topological polar surface area (TPSA) is 38.3 Å². The van der Waals surface area contributed by atoms with E-state index in [1.807, 2.05) is 20.8 Å². The Morgan fingerprint density at radius 1 is 1.28 bits per heavy atom. The van der Waals surface area contributed by atoms with E-state index in [1.54, 1.807) is 0 Å². The second-order valence-corrected chi connectivity index (χ2v) is 6.47. The minimum atomic E-state index is -0.263. The molecule has 1 fully saturated rings. The zero-order valence-corrected chi connectivity index (χ0v) is 12.6. The molecule has 0 bridgehead atoms. The average Bonchev–Trinajstić information content (AvgIpc) is 2.33. The number of halogens is 1. The fraction of sp³-hybridized carbons (Fsp3) is 0.929. The van der Waals surface area contributed by atoms with Crippen molar-refractivity contribution in [2.24, 2.45) is 11.8 Å². The molecule has 0 aromatic rings. The number of hydrogen-bond donors (Lipinski definition) is 1. The molecule has 1 saturated carbocycles. The summed E-state index contributed by atoms with van der Waals surface area (Å²) in [6.45, 7) is 6.73. The van der Waals surface area contributed by atoms with Crippen LogP contribution in [0.3, 0.4) is 0 Å². The minimum absolute atomic E-state index is 0.0242. The van der Waals surface area contributed by atoms with Crippen LogP contribution in [0.4, 0.5) is 0 Å². The van der Waals surface area contributed by atoms with Gasteiger partial charge in [0.15, 0.2) is 0 Å². The third-order valence-electron chi connectivity index (χ3n) is 3.46. The van der Waals surface area contributed by atoms with E-state index >= 15 is 0 Å². The lowest BCUT2D eigenvalue weighted by molar-refractivity contribution is -0.130. The standard InChI is InChI=1S/C14H26ClNO2/c1-14(2,3)18-10-13(17)16-9-12-7-5-4-6-11(12)8-15/h11-12H,4-10H2,1-3H3,(H,16,17). The SMILES string of the molecule is CC(C)(C)OCC(=O)NCC1CCCCC1CCl. The van der Waals surface area contributed by atoms with E-state index < -0.39 is 0 Å². The molecule has 2 unspecified atom stereocenters. The van der Waals surface area contributed by atoms with Gasteiger partial charge in [0.05, 0.1) is 5.60 Å². The van der Waals surface area contributed by atoms with Crippen LogP contribution in [-0.4, -0.2) is 30.5 Å².